The Morgan fingerprint density at radius 2 is 1.28 bits per heavy atom. The maximum absolute atomic E-state index is 13.5. The fourth-order valence-electron chi connectivity index (χ4n) is 3.63. The zero-order chi connectivity index (χ0) is 19.8. The van der Waals surface area contributed by atoms with Crippen LogP contribution in [0, 0.1) is 0 Å². The third-order valence-corrected chi connectivity index (χ3v) is 6.89. The summed E-state index contributed by atoms with van der Waals surface area (Å²) in [7, 11) is -3.70. The Balaban J connectivity index is 1.91. The number of sulfone groups is 1. The second-order valence-corrected chi connectivity index (χ2v) is 8.79. The van der Waals surface area contributed by atoms with E-state index in [2.05, 4.69) is 0 Å². The lowest BCUT2D eigenvalue weighted by atomic mass is 10.0. The van der Waals surface area contributed by atoms with E-state index in [1.807, 2.05) is 72.8 Å². The number of hydrogen-bond acceptors (Lipinski definition) is 3. The highest BCUT2D eigenvalue weighted by atomic mass is 32.2. The minimum absolute atomic E-state index is 0.276. The van der Waals surface area contributed by atoms with Gasteiger partial charge < -0.3 is 0 Å². The highest BCUT2D eigenvalue weighted by molar-refractivity contribution is 7.91. The highest BCUT2D eigenvalue weighted by Gasteiger charge is 2.23. The molecule has 4 heteroatoms. The van der Waals surface area contributed by atoms with Gasteiger partial charge >= 0.3 is 0 Å². The topological polar surface area (TPSA) is 47.0 Å². The summed E-state index contributed by atoms with van der Waals surface area (Å²) >= 11 is 0. The molecule has 0 fully saturated rings. The standard InChI is InChI=1S/C25H17NO2S/c27-29(28,20-12-5-2-6-13-20)24-17-23(19-10-3-1-4-11-19)26-25-21-14-8-7-9-18(21)15-16-22(24)25/h1-17H. The van der Waals surface area contributed by atoms with Gasteiger partial charge in [0.1, 0.15) is 0 Å². The van der Waals surface area contributed by atoms with Gasteiger partial charge in [0, 0.05) is 16.3 Å². The van der Waals surface area contributed by atoms with Crippen LogP contribution in [-0.4, -0.2) is 13.4 Å². The van der Waals surface area contributed by atoms with Crippen LogP contribution < -0.4 is 0 Å². The van der Waals surface area contributed by atoms with E-state index in [9.17, 15) is 8.42 Å². The van der Waals surface area contributed by atoms with E-state index in [0.29, 0.717) is 16.6 Å². The summed E-state index contributed by atoms with van der Waals surface area (Å²) in [5.41, 5.74) is 2.22. The predicted octanol–water partition coefficient (Wildman–Crippen LogP) is 5.89. The predicted molar refractivity (Wildman–Crippen MR) is 117 cm³/mol. The molecule has 4 aromatic carbocycles. The molecule has 0 aliphatic rings. The zero-order valence-corrected chi connectivity index (χ0v) is 16.3. The number of pyridine rings is 1. The first-order valence-electron chi connectivity index (χ1n) is 9.33. The maximum atomic E-state index is 13.5. The van der Waals surface area contributed by atoms with Crippen molar-refractivity contribution in [1.82, 2.24) is 4.98 Å². The first kappa shape index (κ1) is 17.6. The van der Waals surface area contributed by atoms with E-state index in [-0.39, 0.29) is 9.79 Å². The first-order chi connectivity index (χ1) is 14.1. The van der Waals surface area contributed by atoms with Gasteiger partial charge in [-0.2, -0.15) is 0 Å². The molecule has 0 atom stereocenters. The summed E-state index contributed by atoms with van der Waals surface area (Å²) in [6, 6.07) is 31.6. The number of nitrogens with zero attached hydrogens (tertiary/aromatic N) is 1. The van der Waals surface area contributed by atoms with Gasteiger partial charge in [-0.1, -0.05) is 84.9 Å². The van der Waals surface area contributed by atoms with Crippen LogP contribution in [-0.2, 0) is 9.84 Å². The second-order valence-electron chi connectivity index (χ2n) is 6.87. The largest absolute Gasteiger partial charge is 0.247 e. The molecule has 1 heterocycles. The molecule has 5 rings (SSSR count). The van der Waals surface area contributed by atoms with Crippen LogP contribution in [0.2, 0.25) is 0 Å². The highest BCUT2D eigenvalue weighted by Crippen LogP contribution is 2.34. The monoisotopic (exact) mass is 395 g/mol. The Hall–Kier alpha value is -3.50. The van der Waals surface area contributed by atoms with Crippen molar-refractivity contribution in [3.63, 3.8) is 0 Å². The molecule has 0 saturated carbocycles. The lowest BCUT2D eigenvalue weighted by Crippen LogP contribution is -2.04. The molecule has 3 nitrogen and oxygen atoms in total. The SMILES string of the molecule is O=S(=O)(c1ccccc1)c1cc(-c2ccccc2)nc2c1ccc1ccccc12. The minimum Gasteiger partial charge on any atom is -0.247 e. The van der Waals surface area contributed by atoms with Gasteiger partial charge in [-0.05, 0) is 23.6 Å². The lowest BCUT2D eigenvalue weighted by molar-refractivity contribution is 0.597. The minimum atomic E-state index is -3.70. The molecule has 0 saturated heterocycles. The van der Waals surface area contributed by atoms with E-state index in [4.69, 9.17) is 4.98 Å². The van der Waals surface area contributed by atoms with Crippen LogP contribution in [0.25, 0.3) is 32.9 Å². The van der Waals surface area contributed by atoms with Crippen molar-refractivity contribution >= 4 is 31.5 Å². The molecular weight excluding hydrogens is 378 g/mol. The molecule has 0 unspecified atom stereocenters. The first-order valence-corrected chi connectivity index (χ1v) is 10.8. The molecule has 0 aliphatic carbocycles. The smallest absolute Gasteiger partial charge is 0.207 e. The molecule has 1 aromatic heterocycles. The quantitative estimate of drug-likeness (QED) is 0.358. The molecule has 0 aliphatic heterocycles. The molecule has 0 radical (unpaired) electrons. The van der Waals surface area contributed by atoms with Crippen LogP contribution in [0.15, 0.2) is 113 Å². The summed E-state index contributed by atoms with van der Waals surface area (Å²) in [5, 5.41) is 2.60. The van der Waals surface area contributed by atoms with E-state index in [0.717, 1.165) is 16.3 Å². The van der Waals surface area contributed by atoms with Crippen molar-refractivity contribution < 1.29 is 8.42 Å². The summed E-state index contributed by atoms with van der Waals surface area (Å²) in [4.78, 5) is 5.43. The Bertz CT molecular complexity index is 1440. The maximum Gasteiger partial charge on any atom is 0.207 e. The normalized spacial score (nSPS) is 11.7. The van der Waals surface area contributed by atoms with Crippen molar-refractivity contribution in [2.45, 2.75) is 9.79 Å². The van der Waals surface area contributed by atoms with Crippen LogP contribution in [0.1, 0.15) is 0 Å². The molecule has 0 spiro atoms. The summed E-state index contributed by atoms with van der Waals surface area (Å²) in [5.74, 6) is 0. The number of benzene rings is 4. The average molecular weight is 395 g/mol. The van der Waals surface area contributed by atoms with E-state index < -0.39 is 9.84 Å². The van der Waals surface area contributed by atoms with Crippen molar-refractivity contribution in [2.24, 2.45) is 0 Å². The second kappa shape index (κ2) is 6.83. The van der Waals surface area contributed by atoms with Crippen molar-refractivity contribution in [3.8, 4) is 11.3 Å². The van der Waals surface area contributed by atoms with Crippen LogP contribution in [0.3, 0.4) is 0 Å². The Morgan fingerprint density at radius 1 is 0.621 bits per heavy atom. The van der Waals surface area contributed by atoms with Gasteiger partial charge in [0.2, 0.25) is 9.84 Å². The van der Waals surface area contributed by atoms with Crippen LogP contribution in [0.5, 0.6) is 0 Å². The number of rotatable bonds is 3. The van der Waals surface area contributed by atoms with Gasteiger partial charge in [0.25, 0.3) is 0 Å². The summed E-state index contributed by atoms with van der Waals surface area (Å²) in [6.45, 7) is 0. The fourth-order valence-corrected chi connectivity index (χ4v) is 5.13. The van der Waals surface area contributed by atoms with E-state index in [1.165, 1.54) is 0 Å². The van der Waals surface area contributed by atoms with Gasteiger partial charge in [0.15, 0.2) is 0 Å². The average Bonchev–Trinajstić information content (AvgIpc) is 2.79. The summed E-state index contributed by atoms with van der Waals surface area (Å²) < 4.78 is 27.1. The molecule has 140 valence electrons. The Kier molecular flexibility index (Phi) is 4.14. The lowest BCUT2D eigenvalue weighted by Gasteiger charge is -2.13. The molecule has 0 bridgehead atoms. The molecular formula is C25H17NO2S. The Morgan fingerprint density at radius 3 is 2.03 bits per heavy atom. The van der Waals surface area contributed by atoms with Crippen molar-refractivity contribution in [1.29, 1.82) is 0 Å². The molecule has 0 N–H and O–H groups in total. The van der Waals surface area contributed by atoms with E-state index >= 15 is 0 Å². The van der Waals surface area contributed by atoms with Crippen LogP contribution in [0.4, 0.5) is 0 Å². The number of hydrogen-bond donors (Lipinski definition) is 0. The fraction of sp³-hybridized carbons (Fsp3) is 0. The van der Waals surface area contributed by atoms with Crippen LogP contribution >= 0.6 is 0 Å². The van der Waals surface area contributed by atoms with Crippen molar-refractivity contribution in [3.05, 3.63) is 103 Å². The van der Waals surface area contributed by atoms with Gasteiger partial charge in [0.05, 0.1) is 21.0 Å². The van der Waals surface area contributed by atoms with Gasteiger partial charge in [-0.3, -0.25) is 0 Å². The van der Waals surface area contributed by atoms with Crippen molar-refractivity contribution in [2.75, 3.05) is 0 Å². The van der Waals surface area contributed by atoms with Gasteiger partial charge in [-0.25, -0.2) is 13.4 Å². The molecule has 29 heavy (non-hydrogen) atoms. The number of aromatic nitrogens is 1. The zero-order valence-electron chi connectivity index (χ0n) is 15.5. The third-order valence-electron chi connectivity index (χ3n) is 5.08. The molecule has 0 amide bonds. The third kappa shape index (κ3) is 2.98. The number of fused-ring (bicyclic) bond motifs is 3. The molecule has 5 aromatic rings. The van der Waals surface area contributed by atoms with Gasteiger partial charge in [-0.15, -0.1) is 0 Å². The summed E-state index contributed by atoms with van der Waals surface area (Å²) in [6.07, 6.45) is 0. The Labute approximate surface area is 169 Å². The van der Waals surface area contributed by atoms with E-state index in [1.54, 1.807) is 30.3 Å².